The van der Waals surface area contributed by atoms with Gasteiger partial charge in [0.15, 0.2) is 5.78 Å². The quantitative estimate of drug-likeness (QED) is 0.384. The second kappa shape index (κ2) is 10.1. The van der Waals surface area contributed by atoms with E-state index in [4.69, 9.17) is 23.2 Å². The van der Waals surface area contributed by atoms with Gasteiger partial charge in [0.2, 0.25) is 5.91 Å². The number of carbonyl (C=O) groups is 2. The molecule has 1 unspecified atom stereocenters. The highest BCUT2D eigenvalue weighted by molar-refractivity contribution is 6.31. The minimum absolute atomic E-state index is 0.0142. The lowest BCUT2D eigenvalue weighted by Gasteiger charge is -2.37. The SMILES string of the molecule is C[C@H]1CC(CC(=O)[C@@H]2N[C@H](CC(C)(C)C)[C@]3(C(=O)Nc4cc(Cl)c(F)cc43)[C@H]2c2ccc(F)c(Cl)c2)C[C@H]1O. The highest BCUT2D eigenvalue weighted by atomic mass is 35.5. The Morgan fingerprint density at radius 1 is 1.10 bits per heavy atom. The number of Topliss-reactive ketones (excluding diaryl/α,β-unsaturated/α-hetero) is 1. The number of amides is 1. The Balaban J connectivity index is 1.69. The van der Waals surface area contributed by atoms with E-state index in [9.17, 15) is 23.5 Å². The van der Waals surface area contributed by atoms with Crippen LogP contribution in [-0.4, -0.2) is 35.0 Å². The van der Waals surface area contributed by atoms with Crippen LogP contribution in [-0.2, 0) is 15.0 Å². The molecule has 0 aromatic heterocycles. The van der Waals surface area contributed by atoms with Crippen LogP contribution in [0.1, 0.15) is 70.4 Å². The number of hydrogen-bond acceptors (Lipinski definition) is 4. The van der Waals surface area contributed by atoms with Gasteiger partial charge in [-0.25, -0.2) is 8.78 Å². The van der Waals surface area contributed by atoms with Crippen molar-refractivity contribution in [2.45, 2.75) is 82.9 Å². The zero-order valence-electron chi connectivity index (χ0n) is 22.5. The topological polar surface area (TPSA) is 78.4 Å². The normalized spacial score (nSPS) is 32.1. The van der Waals surface area contributed by atoms with E-state index in [0.717, 1.165) is 6.42 Å². The van der Waals surface area contributed by atoms with Gasteiger partial charge in [0, 0.05) is 24.1 Å². The summed E-state index contributed by atoms with van der Waals surface area (Å²) in [6, 6.07) is 5.57. The Morgan fingerprint density at radius 3 is 2.41 bits per heavy atom. The third-order valence-electron chi connectivity index (χ3n) is 8.78. The van der Waals surface area contributed by atoms with Crippen LogP contribution in [0.4, 0.5) is 14.5 Å². The van der Waals surface area contributed by atoms with Crippen molar-refractivity contribution in [1.82, 2.24) is 5.32 Å². The van der Waals surface area contributed by atoms with Crippen LogP contribution in [0.5, 0.6) is 0 Å². The first-order chi connectivity index (χ1) is 18.2. The van der Waals surface area contributed by atoms with Gasteiger partial charge in [-0.2, -0.15) is 0 Å². The van der Waals surface area contributed by atoms with Gasteiger partial charge in [0.05, 0.1) is 22.2 Å². The van der Waals surface area contributed by atoms with E-state index in [0.29, 0.717) is 29.7 Å². The maximum atomic E-state index is 15.0. The number of fused-ring (bicyclic) bond motifs is 2. The molecule has 5 nitrogen and oxygen atoms in total. The van der Waals surface area contributed by atoms with Gasteiger partial charge in [-0.15, -0.1) is 0 Å². The fourth-order valence-corrected chi connectivity index (χ4v) is 7.48. The molecule has 3 aliphatic rings. The highest BCUT2D eigenvalue weighted by Gasteiger charge is 2.65. The van der Waals surface area contributed by atoms with Crippen molar-refractivity contribution in [3.05, 3.63) is 63.1 Å². The van der Waals surface area contributed by atoms with Crippen LogP contribution in [0, 0.1) is 28.9 Å². The maximum Gasteiger partial charge on any atom is 0.237 e. The van der Waals surface area contributed by atoms with Gasteiger partial charge < -0.3 is 15.7 Å². The Morgan fingerprint density at radius 2 is 1.79 bits per heavy atom. The number of ketones is 1. The lowest BCUT2D eigenvalue weighted by Crippen LogP contribution is -2.49. The van der Waals surface area contributed by atoms with E-state index >= 15 is 0 Å². The van der Waals surface area contributed by atoms with Gasteiger partial charge in [-0.1, -0.05) is 57.0 Å². The largest absolute Gasteiger partial charge is 0.393 e. The first kappa shape index (κ1) is 28.5. The van der Waals surface area contributed by atoms with Crippen LogP contribution in [0.15, 0.2) is 30.3 Å². The molecule has 1 aliphatic carbocycles. The molecule has 2 aliphatic heterocycles. The molecule has 1 amide bonds. The minimum atomic E-state index is -1.38. The number of aliphatic hydroxyl groups excluding tert-OH is 1. The highest BCUT2D eigenvalue weighted by Crippen LogP contribution is 2.57. The van der Waals surface area contributed by atoms with E-state index in [-0.39, 0.29) is 45.4 Å². The summed E-state index contributed by atoms with van der Waals surface area (Å²) in [5.41, 5.74) is -0.306. The lowest BCUT2D eigenvalue weighted by molar-refractivity contribution is -0.123. The molecule has 0 radical (unpaired) electrons. The number of anilines is 1. The molecule has 2 aromatic rings. The fourth-order valence-electron chi connectivity index (χ4n) is 7.12. The minimum Gasteiger partial charge on any atom is -0.393 e. The summed E-state index contributed by atoms with van der Waals surface area (Å²) >= 11 is 12.3. The second-order valence-electron chi connectivity index (χ2n) is 12.8. The van der Waals surface area contributed by atoms with Crippen molar-refractivity contribution < 1.29 is 23.5 Å². The summed E-state index contributed by atoms with van der Waals surface area (Å²) in [5.74, 6) is -2.42. The van der Waals surface area contributed by atoms with Crippen LogP contribution < -0.4 is 10.6 Å². The molecule has 1 spiro atoms. The number of rotatable bonds is 5. The molecule has 7 atom stereocenters. The second-order valence-corrected chi connectivity index (χ2v) is 13.6. The van der Waals surface area contributed by atoms with Gasteiger partial charge in [-0.3, -0.25) is 9.59 Å². The van der Waals surface area contributed by atoms with Crippen LogP contribution in [0.3, 0.4) is 0 Å². The summed E-state index contributed by atoms with van der Waals surface area (Å²) in [6.07, 6.45) is 1.54. The molecule has 2 fully saturated rings. The Bertz CT molecular complexity index is 1320. The number of carbonyl (C=O) groups excluding carboxylic acids is 2. The summed E-state index contributed by atoms with van der Waals surface area (Å²) < 4.78 is 29.3. The number of halogens is 4. The molecule has 2 heterocycles. The Hall–Kier alpha value is -2.06. The third kappa shape index (κ3) is 4.90. The zero-order valence-corrected chi connectivity index (χ0v) is 24.0. The molecule has 5 rings (SSSR count). The zero-order chi connectivity index (χ0) is 28.4. The average Bonchev–Trinajstić information content (AvgIpc) is 3.42. The first-order valence-electron chi connectivity index (χ1n) is 13.4. The number of hydrogen-bond donors (Lipinski definition) is 3. The molecule has 210 valence electrons. The van der Waals surface area contributed by atoms with Gasteiger partial charge in [-0.05, 0) is 71.9 Å². The van der Waals surface area contributed by atoms with E-state index in [2.05, 4.69) is 10.6 Å². The number of aliphatic hydroxyl groups is 1. The standard InChI is InChI=1S/C30H34Cl2F2N2O3/c1-14-7-15(8-23(14)37)9-24(38)27-26(16-5-6-20(33)18(31)10-16)30(25(36-27)13-29(2,3)4)17-11-21(34)19(32)12-22(17)35-28(30)39/h5-6,10-12,14-15,23,25-27,36-37H,7-9,13H2,1-4H3,(H,35,39)/t14-,15?,23+,25+,26-,27-,30-/m0/s1. The Labute approximate surface area is 237 Å². The van der Waals surface area contributed by atoms with E-state index in [1.54, 1.807) is 6.07 Å². The summed E-state index contributed by atoms with van der Waals surface area (Å²) in [5, 5.41) is 16.4. The van der Waals surface area contributed by atoms with Crippen molar-refractivity contribution in [1.29, 1.82) is 0 Å². The van der Waals surface area contributed by atoms with Crippen LogP contribution in [0.25, 0.3) is 0 Å². The fraction of sp³-hybridized carbons (Fsp3) is 0.533. The predicted octanol–water partition coefficient (Wildman–Crippen LogP) is 6.39. The molecular formula is C30H34Cl2F2N2O3. The van der Waals surface area contributed by atoms with Gasteiger partial charge in [0.25, 0.3) is 0 Å². The summed E-state index contributed by atoms with van der Waals surface area (Å²) in [6.45, 7) is 8.09. The van der Waals surface area contributed by atoms with Crippen molar-refractivity contribution in [2.75, 3.05) is 5.32 Å². The van der Waals surface area contributed by atoms with Crippen LogP contribution in [0.2, 0.25) is 10.0 Å². The molecule has 9 heteroatoms. The molecule has 2 aromatic carbocycles. The smallest absolute Gasteiger partial charge is 0.237 e. The number of benzene rings is 2. The van der Waals surface area contributed by atoms with Gasteiger partial charge >= 0.3 is 0 Å². The molecule has 3 N–H and O–H groups in total. The van der Waals surface area contributed by atoms with Crippen LogP contribution >= 0.6 is 23.2 Å². The lowest BCUT2D eigenvalue weighted by atomic mass is 9.62. The van der Waals surface area contributed by atoms with Crippen molar-refractivity contribution >= 4 is 40.6 Å². The third-order valence-corrected chi connectivity index (χ3v) is 9.36. The Kier molecular flexibility index (Phi) is 7.37. The molecule has 0 bridgehead atoms. The molecule has 1 saturated heterocycles. The maximum absolute atomic E-state index is 15.0. The summed E-state index contributed by atoms with van der Waals surface area (Å²) in [4.78, 5) is 28.2. The predicted molar refractivity (Wildman–Crippen MR) is 148 cm³/mol. The first-order valence-corrected chi connectivity index (χ1v) is 14.2. The summed E-state index contributed by atoms with van der Waals surface area (Å²) in [7, 11) is 0. The monoisotopic (exact) mass is 578 g/mol. The van der Waals surface area contributed by atoms with Crippen molar-refractivity contribution in [3.8, 4) is 0 Å². The molecule has 1 saturated carbocycles. The van der Waals surface area contributed by atoms with E-state index in [1.807, 2.05) is 27.7 Å². The molecular weight excluding hydrogens is 545 g/mol. The molecule has 39 heavy (non-hydrogen) atoms. The van der Waals surface area contributed by atoms with E-state index in [1.165, 1.54) is 24.3 Å². The van der Waals surface area contributed by atoms with E-state index < -0.39 is 41.2 Å². The average molecular weight is 580 g/mol. The van der Waals surface area contributed by atoms with Crippen molar-refractivity contribution in [3.63, 3.8) is 0 Å². The number of nitrogens with one attached hydrogen (secondary N) is 2. The van der Waals surface area contributed by atoms with Gasteiger partial charge in [0.1, 0.15) is 17.0 Å². The van der Waals surface area contributed by atoms with Crippen molar-refractivity contribution in [2.24, 2.45) is 17.3 Å².